The summed E-state index contributed by atoms with van der Waals surface area (Å²) in [6, 6.07) is 0. The molecule has 0 aliphatic rings. The van der Waals surface area contributed by atoms with E-state index in [0.717, 1.165) is 19.6 Å². The Morgan fingerprint density at radius 3 is 2.40 bits per heavy atom. The van der Waals surface area contributed by atoms with Crippen molar-refractivity contribution in [3.63, 3.8) is 0 Å². The highest BCUT2D eigenvalue weighted by atomic mass is 16.5. The monoisotopic (exact) mass is 217 g/mol. The Hall–Kier alpha value is -0.120. The number of rotatable bonds is 10. The maximum absolute atomic E-state index is 5.43. The van der Waals surface area contributed by atoms with Crippen molar-refractivity contribution in [3.8, 4) is 0 Å². The normalized spacial score (nSPS) is 12.0. The summed E-state index contributed by atoms with van der Waals surface area (Å²) in [5.41, 5.74) is 0.424. The van der Waals surface area contributed by atoms with Crippen molar-refractivity contribution < 1.29 is 9.47 Å². The standard InChI is InChI=1S/C12H27NO2/c1-12(2,7-8-13-3)6-5-9-15-11-10-14-4/h13H,5-11H2,1-4H3. The molecule has 3 nitrogen and oxygen atoms in total. The largest absolute Gasteiger partial charge is 0.382 e. The first-order valence-electron chi connectivity index (χ1n) is 5.83. The van der Waals surface area contributed by atoms with Crippen LogP contribution in [0.1, 0.15) is 33.1 Å². The minimum absolute atomic E-state index is 0.424. The lowest BCUT2D eigenvalue weighted by molar-refractivity contribution is 0.0645. The Balaban J connectivity index is 3.32. The lowest BCUT2D eigenvalue weighted by Crippen LogP contribution is -2.20. The van der Waals surface area contributed by atoms with E-state index in [4.69, 9.17) is 9.47 Å². The van der Waals surface area contributed by atoms with Crippen LogP contribution < -0.4 is 5.32 Å². The third-order valence-corrected chi connectivity index (χ3v) is 2.63. The van der Waals surface area contributed by atoms with E-state index in [1.54, 1.807) is 7.11 Å². The fraction of sp³-hybridized carbons (Fsp3) is 1.00. The van der Waals surface area contributed by atoms with Gasteiger partial charge in [-0.15, -0.1) is 0 Å². The molecular formula is C12H27NO2. The number of hydrogen-bond acceptors (Lipinski definition) is 3. The van der Waals surface area contributed by atoms with Crippen LogP contribution in [0.2, 0.25) is 0 Å². The Bertz CT molecular complexity index is 138. The zero-order chi connectivity index (χ0) is 11.6. The molecule has 0 saturated carbocycles. The molecule has 1 N–H and O–H groups in total. The summed E-state index contributed by atoms with van der Waals surface area (Å²) in [5.74, 6) is 0. The van der Waals surface area contributed by atoms with Gasteiger partial charge in [-0.1, -0.05) is 13.8 Å². The Morgan fingerprint density at radius 1 is 1.07 bits per heavy atom. The van der Waals surface area contributed by atoms with Gasteiger partial charge < -0.3 is 14.8 Å². The first kappa shape index (κ1) is 14.9. The van der Waals surface area contributed by atoms with Gasteiger partial charge in [-0.05, 0) is 38.3 Å². The van der Waals surface area contributed by atoms with Crippen LogP contribution in [0.3, 0.4) is 0 Å². The van der Waals surface area contributed by atoms with Gasteiger partial charge in [-0.3, -0.25) is 0 Å². The molecule has 3 heteroatoms. The van der Waals surface area contributed by atoms with Gasteiger partial charge >= 0.3 is 0 Å². The molecule has 0 aliphatic heterocycles. The first-order chi connectivity index (χ1) is 7.12. The lowest BCUT2D eigenvalue weighted by atomic mass is 9.84. The van der Waals surface area contributed by atoms with Crippen molar-refractivity contribution in [2.24, 2.45) is 5.41 Å². The van der Waals surface area contributed by atoms with Gasteiger partial charge in [0.05, 0.1) is 13.2 Å². The quantitative estimate of drug-likeness (QED) is 0.568. The van der Waals surface area contributed by atoms with Crippen LogP contribution in [0.15, 0.2) is 0 Å². The predicted octanol–water partition coefficient (Wildman–Crippen LogP) is 2.07. The molecule has 0 aromatic rings. The van der Waals surface area contributed by atoms with Crippen molar-refractivity contribution >= 4 is 0 Å². The van der Waals surface area contributed by atoms with Crippen molar-refractivity contribution in [2.45, 2.75) is 33.1 Å². The van der Waals surface area contributed by atoms with Crippen LogP contribution in [-0.4, -0.2) is 40.5 Å². The third-order valence-electron chi connectivity index (χ3n) is 2.63. The van der Waals surface area contributed by atoms with Crippen LogP contribution >= 0.6 is 0 Å². The summed E-state index contributed by atoms with van der Waals surface area (Å²) in [6.07, 6.45) is 3.59. The molecule has 0 bridgehead atoms. The number of ether oxygens (including phenoxy) is 2. The van der Waals surface area contributed by atoms with E-state index >= 15 is 0 Å². The van der Waals surface area contributed by atoms with Gasteiger partial charge in [0.1, 0.15) is 0 Å². The summed E-state index contributed by atoms with van der Waals surface area (Å²) in [6.45, 7) is 8.00. The van der Waals surface area contributed by atoms with Crippen molar-refractivity contribution in [1.29, 1.82) is 0 Å². The van der Waals surface area contributed by atoms with Crippen LogP contribution in [-0.2, 0) is 9.47 Å². The van der Waals surface area contributed by atoms with Gasteiger partial charge in [-0.2, -0.15) is 0 Å². The Kier molecular flexibility index (Phi) is 9.06. The zero-order valence-corrected chi connectivity index (χ0v) is 10.8. The van der Waals surface area contributed by atoms with Crippen LogP contribution in [0.25, 0.3) is 0 Å². The molecular weight excluding hydrogens is 190 g/mol. The second kappa shape index (κ2) is 9.13. The summed E-state index contributed by atoms with van der Waals surface area (Å²) >= 11 is 0. The number of methoxy groups -OCH3 is 1. The first-order valence-corrected chi connectivity index (χ1v) is 5.83. The maximum atomic E-state index is 5.43. The van der Waals surface area contributed by atoms with Crippen molar-refractivity contribution in [2.75, 3.05) is 40.5 Å². The maximum Gasteiger partial charge on any atom is 0.0700 e. The van der Waals surface area contributed by atoms with E-state index in [9.17, 15) is 0 Å². The van der Waals surface area contributed by atoms with Gasteiger partial charge in [0, 0.05) is 13.7 Å². The van der Waals surface area contributed by atoms with E-state index in [2.05, 4.69) is 19.2 Å². The lowest BCUT2D eigenvalue weighted by Gasteiger charge is -2.24. The molecule has 0 radical (unpaired) electrons. The molecule has 0 fully saturated rings. The Labute approximate surface area is 94.5 Å². The molecule has 0 unspecified atom stereocenters. The van der Waals surface area contributed by atoms with Gasteiger partial charge in [0.15, 0.2) is 0 Å². The highest BCUT2D eigenvalue weighted by Crippen LogP contribution is 2.25. The minimum Gasteiger partial charge on any atom is -0.382 e. The summed E-state index contributed by atoms with van der Waals surface area (Å²) in [5, 5.41) is 3.19. The third kappa shape index (κ3) is 10.2. The van der Waals surface area contributed by atoms with Gasteiger partial charge in [0.2, 0.25) is 0 Å². The van der Waals surface area contributed by atoms with Crippen LogP contribution in [0.4, 0.5) is 0 Å². The molecule has 0 aromatic heterocycles. The molecule has 92 valence electrons. The fourth-order valence-corrected chi connectivity index (χ4v) is 1.49. The minimum atomic E-state index is 0.424. The highest BCUT2D eigenvalue weighted by Gasteiger charge is 2.16. The van der Waals surface area contributed by atoms with Crippen molar-refractivity contribution in [3.05, 3.63) is 0 Å². The van der Waals surface area contributed by atoms with E-state index < -0.39 is 0 Å². The molecule has 15 heavy (non-hydrogen) atoms. The molecule has 0 atom stereocenters. The number of hydrogen-bond donors (Lipinski definition) is 1. The molecule has 0 saturated heterocycles. The topological polar surface area (TPSA) is 30.5 Å². The smallest absolute Gasteiger partial charge is 0.0700 e. The molecule has 0 spiro atoms. The highest BCUT2D eigenvalue weighted by molar-refractivity contribution is 4.69. The average molecular weight is 217 g/mol. The Morgan fingerprint density at radius 2 is 1.80 bits per heavy atom. The van der Waals surface area contributed by atoms with E-state index in [-0.39, 0.29) is 0 Å². The molecule has 0 aliphatic carbocycles. The average Bonchev–Trinajstić information content (AvgIpc) is 2.20. The fourth-order valence-electron chi connectivity index (χ4n) is 1.49. The van der Waals surface area contributed by atoms with Crippen molar-refractivity contribution in [1.82, 2.24) is 5.32 Å². The molecule has 0 amide bonds. The molecule has 0 rings (SSSR count). The van der Waals surface area contributed by atoms with Crippen LogP contribution in [0, 0.1) is 5.41 Å². The van der Waals surface area contributed by atoms with Gasteiger partial charge in [0.25, 0.3) is 0 Å². The van der Waals surface area contributed by atoms with E-state index in [1.165, 1.54) is 12.8 Å². The van der Waals surface area contributed by atoms with Gasteiger partial charge in [-0.25, -0.2) is 0 Å². The summed E-state index contributed by atoms with van der Waals surface area (Å²) in [7, 11) is 3.70. The SMILES string of the molecule is CNCCC(C)(C)CCCOCCOC. The zero-order valence-electron chi connectivity index (χ0n) is 10.8. The summed E-state index contributed by atoms with van der Waals surface area (Å²) < 4.78 is 10.3. The number of nitrogens with one attached hydrogen (secondary N) is 1. The molecule has 0 aromatic carbocycles. The molecule has 0 heterocycles. The summed E-state index contributed by atoms with van der Waals surface area (Å²) in [4.78, 5) is 0. The van der Waals surface area contributed by atoms with E-state index in [1.807, 2.05) is 7.05 Å². The van der Waals surface area contributed by atoms with E-state index in [0.29, 0.717) is 18.6 Å². The predicted molar refractivity (Wildman–Crippen MR) is 64.3 cm³/mol. The van der Waals surface area contributed by atoms with Crippen LogP contribution in [0.5, 0.6) is 0 Å². The second-order valence-corrected chi connectivity index (χ2v) is 4.73. The second-order valence-electron chi connectivity index (χ2n) is 4.73.